The number of sulfonamides is 1. The predicted molar refractivity (Wildman–Crippen MR) is 164 cm³/mol. The van der Waals surface area contributed by atoms with Gasteiger partial charge in [0, 0.05) is 36.6 Å². The molecule has 5 heterocycles. The van der Waals surface area contributed by atoms with E-state index in [2.05, 4.69) is 35.9 Å². The fraction of sp³-hybridized carbons (Fsp3) is 0.226. The van der Waals surface area contributed by atoms with Crippen LogP contribution in [0.3, 0.4) is 0 Å². The molecular weight excluding hydrogens is 567 g/mol. The summed E-state index contributed by atoms with van der Waals surface area (Å²) in [5.41, 5.74) is 8.07. The highest BCUT2D eigenvalue weighted by atomic mass is 32.2. The molecule has 1 saturated heterocycles. The Morgan fingerprint density at radius 3 is 2.60 bits per heavy atom. The standard InChI is InChI=1S/C31H29FN8O2S/c1-43(41,42)34-16-19-11-21(14-23(32)13-19)24-5-4-6-26-28(24)37-31(36-26)30-29-27(38-39-30)8-7-25(35-29)22-12-20(15-33-17-22)18-40-9-2-3-10-40/h4-8,11-15,17,34H,2-3,9-10,16,18H2,1H3,(H,36,37)(H,38,39). The topological polar surface area (TPSA) is 133 Å². The number of H-pyrrole nitrogens is 2. The number of nitrogens with zero attached hydrogens (tertiary/aromatic N) is 5. The van der Waals surface area contributed by atoms with Crippen LogP contribution in [0, 0.1) is 5.82 Å². The summed E-state index contributed by atoms with van der Waals surface area (Å²) in [6.45, 7) is 3.09. The Labute approximate surface area is 247 Å². The predicted octanol–water partition coefficient (Wildman–Crippen LogP) is 5.01. The van der Waals surface area contributed by atoms with Crippen molar-refractivity contribution in [2.24, 2.45) is 0 Å². The van der Waals surface area contributed by atoms with Crippen molar-refractivity contribution < 1.29 is 12.8 Å². The van der Waals surface area contributed by atoms with E-state index in [-0.39, 0.29) is 6.54 Å². The van der Waals surface area contributed by atoms with E-state index >= 15 is 0 Å². The van der Waals surface area contributed by atoms with Crippen LogP contribution >= 0.6 is 0 Å². The Morgan fingerprint density at radius 1 is 0.930 bits per heavy atom. The summed E-state index contributed by atoms with van der Waals surface area (Å²) in [6.07, 6.45) is 7.29. The minimum Gasteiger partial charge on any atom is -0.336 e. The Morgan fingerprint density at radius 2 is 1.77 bits per heavy atom. The second kappa shape index (κ2) is 11.0. The molecule has 218 valence electrons. The van der Waals surface area contributed by atoms with Gasteiger partial charge in [0.25, 0.3) is 0 Å². The van der Waals surface area contributed by atoms with Gasteiger partial charge >= 0.3 is 0 Å². The molecule has 1 aliphatic heterocycles. The minimum absolute atomic E-state index is 0.0185. The van der Waals surface area contributed by atoms with Crippen LogP contribution in [0.4, 0.5) is 4.39 Å². The number of hydrogen-bond donors (Lipinski definition) is 3. The molecule has 4 aromatic heterocycles. The van der Waals surface area contributed by atoms with Crippen LogP contribution in [0.2, 0.25) is 0 Å². The van der Waals surface area contributed by atoms with Crippen molar-refractivity contribution in [1.82, 2.24) is 39.8 Å². The molecule has 1 aliphatic rings. The lowest BCUT2D eigenvalue weighted by molar-refractivity contribution is 0.331. The molecule has 7 rings (SSSR count). The third-order valence-electron chi connectivity index (χ3n) is 7.65. The third-order valence-corrected chi connectivity index (χ3v) is 8.32. The summed E-state index contributed by atoms with van der Waals surface area (Å²) < 4.78 is 40.2. The monoisotopic (exact) mass is 596 g/mol. The van der Waals surface area contributed by atoms with Gasteiger partial charge in [-0.3, -0.25) is 15.0 Å². The van der Waals surface area contributed by atoms with E-state index in [4.69, 9.17) is 9.97 Å². The lowest BCUT2D eigenvalue weighted by Crippen LogP contribution is -2.21. The van der Waals surface area contributed by atoms with Gasteiger partial charge < -0.3 is 4.98 Å². The number of aromatic nitrogens is 6. The van der Waals surface area contributed by atoms with Gasteiger partial charge in [0.05, 0.1) is 28.5 Å². The highest BCUT2D eigenvalue weighted by Gasteiger charge is 2.18. The molecule has 12 heteroatoms. The van der Waals surface area contributed by atoms with E-state index in [0.717, 1.165) is 53.7 Å². The van der Waals surface area contributed by atoms with Gasteiger partial charge in [-0.1, -0.05) is 12.1 Å². The molecule has 3 N–H and O–H groups in total. The van der Waals surface area contributed by atoms with Crippen molar-refractivity contribution in [3.8, 4) is 33.9 Å². The van der Waals surface area contributed by atoms with Gasteiger partial charge in [-0.2, -0.15) is 5.10 Å². The molecule has 0 aliphatic carbocycles. The number of aromatic amines is 2. The lowest BCUT2D eigenvalue weighted by Gasteiger charge is -2.14. The van der Waals surface area contributed by atoms with Crippen molar-refractivity contribution in [3.05, 3.63) is 83.9 Å². The van der Waals surface area contributed by atoms with Gasteiger partial charge in [0.1, 0.15) is 11.3 Å². The summed E-state index contributed by atoms with van der Waals surface area (Å²) in [4.78, 5) is 20.1. The third kappa shape index (κ3) is 5.76. The van der Waals surface area contributed by atoms with Crippen LogP contribution in [0.25, 0.3) is 56.0 Å². The van der Waals surface area contributed by atoms with Crippen molar-refractivity contribution in [3.63, 3.8) is 0 Å². The molecule has 0 unspecified atom stereocenters. The molecule has 6 aromatic rings. The molecule has 43 heavy (non-hydrogen) atoms. The van der Waals surface area contributed by atoms with Gasteiger partial charge in [0.15, 0.2) is 11.5 Å². The Hall–Kier alpha value is -4.52. The fourth-order valence-electron chi connectivity index (χ4n) is 5.64. The molecule has 1 fully saturated rings. The summed E-state index contributed by atoms with van der Waals surface area (Å²) in [6, 6.07) is 16.2. The first-order valence-electron chi connectivity index (χ1n) is 14.0. The Kier molecular flexibility index (Phi) is 6.96. The van der Waals surface area contributed by atoms with Crippen molar-refractivity contribution in [2.75, 3.05) is 19.3 Å². The number of halogens is 1. The number of rotatable bonds is 8. The van der Waals surface area contributed by atoms with Crippen LogP contribution in [0.15, 0.2) is 67.0 Å². The van der Waals surface area contributed by atoms with Crippen molar-refractivity contribution >= 4 is 32.1 Å². The number of benzene rings is 2. The number of para-hydroxylation sites is 1. The number of nitrogens with one attached hydrogen (secondary N) is 3. The quantitative estimate of drug-likeness (QED) is 0.225. The molecule has 0 spiro atoms. The molecule has 2 aromatic carbocycles. The SMILES string of the molecule is CS(=O)(=O)NCc1cc(F)cc(-c2cccc3[nH]c(-c4n[nH]c5ccc(-c6cncc(CN7CCCC7)c6)nc45)nc23)c1. The van der Waals surface area contributed by atoms with Crippen molar-refractivity contribution in [1.29, 1.82) is 0 Å². The second-order valence-electron chi connectivity index (χ2n) is 11.0. The molecule has 10 nitrogen and oxygen atoms in total. The first-order valence-corrected chi connectivity index (χ1v) is 15.9. The molecular formula is C31H29FN8O2S. The smallest absolute Gasteiger partial charge is 0.209 e. The zero-order chi connectivity index (χ0) is 29.6. The zero-order valence-corrected chi connectivity index (χ0v) is 24.2. The summed E-state index contributed by atoms with van der Waals surface area (Å²) >= 11 is 0. The second-order valence-corrected chi connectivity index (χ2v) is 12.8. The molecule has 0 atom stereocenters. The van der Waals surface area contributed by atoms with E-state index in [1.165, 1.54) is 25.0 Å². The van der Waals surface area contributed by atoms with E-state index in [1.54, 1.807) is 6.07 Å². The summed E-state index contributed by atoms with van der Waals surface area (Å²) in [7, 11) is -3.43. The van der Waals surface area contributed by atoms with Crippen molar-refractivity contribution in [2.45, 2.75) is 25.9 Å². The van der Waals surface area contributed by atoms with Crippen LogP contribution in [0.1, 0.15) is 24.0 Å². The van der Waals surface area contributed by atoms with Gasteiger partial charge in [-0.25, -0.2) is 27.5 Å². The van der Waals surface area contributed by atoms with Gasteiger partial charge in [-0.05, 0) is 85.1 Å². The van der Waals surface area contributed by atoms with Crippen LogP contribution in [0.5, 0.6) is 0 Å². The molecule has 0 radical (unpaired) electrons. The highest BCUT2D eigenvalue weighted by Crippen LogP contribution is 2.33. The number of imidazole rings is 1. The zero-order valence-electron chi connectivity index (χ0n) is 23.4. The molecule has 0 amide bonds. The molecule has 0 bridgehead atoms. The average molecular weight is 597 g/mol. The van der Waals surface area contributed by atoms with Crippen LogP contribution in [-0.2, 0) is 23.1 Å². The Balaban J connectivity index is 1.24. The van der Waals surface area contributed by atoms with E-state index < -0.39 is 15.8 Å². The van der Waals surface area contributed by atoms with Gasteiger partial charge in [0.2, 0.25) is 10.0 Å². The minimum atomic E-state index is -3.43. The van der Waals surface area contributed by atoms with Crippen LogP contribution in [-0.4, -0.2) is 62.8 Å². The fourth-order valence-corrected chi connectivity index (χ4v) is 6.07. The summed E-state index contributed by atoms with van der Waals surface area (Å²) in [5, 5.41) is 7.59. The maximum atomic E-state index is 14.6. The first kappa shape index (κ1) is 27.3. The van der Waals surface area contributed by atoms with E-state index in [0.29, 0.717) is 39.2 Å². The van der Waals surface area contributed by atoms with E-state index in [1.807, 2.05) is 42.7 Å². The van der Waals surface area contributed by atoms with E-state index in [9.17, 15) is 12.8 Å². The first-order chi connectivity index (χ1) is 20.8. The maximum Gasteiger partial charge on any atom is 0.209 e. The summed E-state index contributed by atoms with van der Waals surface area (Å²) in [5.74, 6) is 0.0548. The van der Waals surface area contributed by atoms with Crippen LogP contribution < -0.4 is 4.72 Å². The number of pyridine rings is 2. The normalized spacial score (nSPS) is 14.3. The largest absolute Gasteiger partial charge is 0.336 e. The van der Waals surface area contributed by atoms with Gasteiger partial charge in [-0.15, -0.1) is 0 Å². The Bertz CT molecular complexity index is 2080. The molecule has 0 saturated carbocycles. The maximum absolute atomic E-state index is 14.6. The lowest BCUT2D eigenvalue weighted by atomic mass is 10.0. The number of likely N-dealkylation sites (tertiary alicyclic amines) is 1. The number of fused-ring (bicyclic) bond motifs is 2. The number of hydrogen-bond acceptors (Lipinski definition) is 7. The highest BCUT2D eigenvalue weighted by molar-refractivity contribution is 7.88. The average Bonchev–Trinajstić information content (AvgIpc) is 3.75.